The van der Waals surface area contributed by atoms with E-state index in [1.807, 2.05) is 43.4 Å². The summed E-state index contributed by atoms with van der Waals surface area (Å²) in [5, 5.41) is 0.734. The first-order valence-electron chi connectivity index (χ1n) is 7.14. The average Bonchev–Trinajstić information content (AvgIpc) is 2.56. The number of methoxy groups -OCH3 is 1. The van der Waals surface area contributed by atoms with Gasteiger partial charge in [0.2, 0.25) is 0 Å². The maximum absolute atomic E-state index is 12.6. The molecule has 0 N–H and O–H groups in total. The number of carbonyl (C=O) groups is 1. The molecule has 0 aliphatic rings. The number of nitrogens with zero attached hydrogens (tertiary/aromatic N) is 2. The first kappa shape index (κ1) is 16.5. The van der Waals surface area contributed by atoms with Crippen LogP contribution < -0.4 is 0 Å². The minimum Gasteiger partial charge on any atom is -0.385 e. The SMILES string of the molecule is COCCCN(C)C(=O)c1cccnc1Sc1ccccc1. The lowest BCUT2D eigenvalue weighted by molar-refractivity contribution is 0.0775. The number of ether oxygens (including phenoxy) is 1. The molecule has 0 spiro atoms. The summed E-state index contributed by atoms with van der Waals surface area (Å²) in [5.74, 6) is -0.0114. The van der Waals surface area contributed by atoms with Crippen molar-refractivity contribution in [2.75, 3.05) is 27.3 Å². The highest BCUT2D eigenvalue weighted by Crippen LogP contribution is 2.28. The van der Waals surface area contributed by atoms with Gasteiger partial charge in [0.15, 0.2) is 0 Å². The van der Waals surface area contributed by atoms with E-state index in [1.165, 1.54) is 11.8 Å². The standard InChI is InChI=1S/C17H20N2O2S/c1-19(12-7-13-21-2)17(20)15-10-6-11-18-16(15)22-14-8-4-3-5-9-14/h3-6,8-11H,7,12-13H2,1-2H3. The molecule has 1 aromatic carbocycles. The topological polar surface area (TPSA) is 42.4 Å². The molecule has 0 saturated carbocycles. The molecule has 0 fully saturated rings. The smallest absolute Gasteiger partial charge is 0.256 e. The van der Waals surface area contributed by atoms with E-state index in [0.29, 0.717) is 18.7 Å². The van der Waals surface area contributed by atoms with Crippen LogP contribution in [0.25, 0.3) is 0 Å². The van der Waals surface area contributed by atoms with Gasteiger partial charge in [-0.05, 0) is 30.7 Å². The normalized spacial score (nSPS) is 10.5. The Kier molecular flexibility index (Phi) is 6.43. The summed E-state index contributed by atoms with van der Waals surface area (Å²) in [6.07, 6.45) is 2.53. The van der Waals surface area contributed by atoms with Crippen molar-refractivity contribution >= 4 is 17.7 Å². The molecule has 0 atom stereocenters. The van der Waals surface area contributed by atoms with Crippen LogP contribution in [0.4, 0.5) is 0 Å². The Labute approximate surface area is 135 Å². The molecule has 2 rings (SSSR count). The molecule has 1 heterocycles. The first-order chi connectivity index (χ1) is 10.7. The van der Waals surface area contributed by atoms with Crippen molar-refractivity contribution in [3.8, 4) is 0 Å². The van der Waals surface area contributed by atoms with Crippen LogP contribution in [0.5, 0.6) is 0 Å². The maximum atomic E-state index is 12.6. The van der Waals surface area contributed by atoms with Crippen molar-refractivity contribution in [2.24, 2.45) is 0 Å². The van der Waals surface area contributed by atoms with Crippen LogP contribution in [0.3, 0.4) is 0 Å². The number of amides is 1. The van der Waals surface area contributed by atoms with Gasteiger partial charge >= 0.3 is 0 Å². The van der Waals surface area contributed by atoms with Gasteiger partial charge < -0.3 is 9.64 Å². The molecule has 22 heavy (non-hydrogen) atoms. The van der Waals surface area contributed by atoms with Gasteiger partial charge in [0.25, 0.3) is 5.91 Å². The quantitative estimate of drug-likeness (QED) is 0.735. The van der Waals surface area contributed by atoms with Crippen molar-refractivity contribution in [2.45, 2.75) is 16.3 Å². The van der Waals surface area contributed by atoms with Crippen LogP contribution in [0, 0.1) is 0 Å². The lowest BCUT2D eigenvalue weighted by Crippen LogP contribution is -2.29. The molecular formula is C17H20N2O2S. The molecule has 5 heteroatoms. The molecular weight excluding hydrogens is 296 g/mol. The van der Waals surface area contributed by atoms with Gasteiger partial charge in [0.05, 0.1) is 5.56 Å². The second kappa shape index (κ2) is 8.56. The summed E-state index contributed by atoms with van der Waals surface area (Å²) < 4.78 is 5.03. The van der Waals surface area contributed by atoms with Crippen molar-refractivity contribution in [1.29, 1.82) is 0 Å². The van der Waals surface area contributed by atoms with Gasteiger partial charge in [-0.15, -0.1) is 0 Å². The zero-order chi connectivity index (χ0) is 15.8. The summed E-state index contributed by atoms with van der Waals surface area (Å²) in [4.78, 5) is 19.7. The fourth-order valence-electron chi connectivity index (χ4n) is 1.99. The Morgan fingerprint density at radius 2 is 2.00 bits per heavy atom. The molecule has 116 valence electrons. The Bertz CT molecular complexity index is 605. The van der Waals surface area contributed by atoms with Crippen LogP contribution in [-0.2, 0) is 4.74 Å². The van der Waals surface area contributed by atoms with E-state index in [-0.39, 0.29) is 5.91 Å². The zero-order valence-corrected chi connectivity index (χ0v) is 13.7. The van der Waals surface area contributed by atoms with Crippen LogP contribution in [0.15, 0.2) is 58.6 Å². The van der Waals surface area contributed by atoms with E-state index in [0.717, 1.165) is 16.3 Å². The monoisotopic (exact) mass is 316 g/mol. The van der Waals surface area contributed by atoms with Gasteiger partial charge in [-0.1, -0.05) is 30.0 Å². The maximum Gasteiger partial charge on any atom is 0.256 e. The Hall–Kier alpha value is -1.85. The average molecular weight is 316 g/mol. The second-order valence-corrected chi connectivity index (χ2v) is 5.91. The third kappa shape index (κ3) is 4.58. The summed E-state index contributed by atoms with van der Waals surface area (Å²) in [6, 6.07) is 13.6. The zero-order valence-electron chi connectivity index (χ0n) is 12.9. The molecule has 0 saturated heterocycles. The third-order valence-electron chi connectivity index (χ3n) is 3.15. The predicted octanol–water partition coefficient (Wildman–Crippen LogP) is 3.34. The van der Waals surface area contributed by atoms with E-state index in [4.69, 9.17) is 4.74 Å². The number of hydrogen-bond acceptors (Lipinski definition) is 4. The minimum atomic E-state index is -0.0114. The molecule has 0 unspecified atom stereocenters. The molecule has 4 nitrogen and oxygen atoms in total. The summed E-state index contributed by atoms with van der Waals surface area (Å²) in [5.41, 5.74) is 0.635. The highest BCUT2D eigenvalue weighted by molar-refractivity contribution is 7.99. The van der Waals surface area contributed by atoms with Gasteiger partial charge in [-0.25, -0.2) is 4.98 Å². The van der Waals surface area contributed by atoms with E-state index < -0.39 is 0 Å². The number of hydrogen-bond donors (Lipinski definition) is 0. The van der Waals surface area contributed by atoms with Gasteiger partial charge in [0, 0.05) is 38.4 Å². The van der Waals surface area contributed by atoms with E-state index in [1.54, 1.807) is 24.3 Å². The number of rotatable bonds is 7. The van der Waals surface area contributed by atoms with Gasteiger partial charge in [0.1, 0.15) is 5.03 Å². The first-order valence-corrected chi connectivity index (χ1v) is 7.96. The molecule has 0 bridgehead atoms. The number of carbonyl (C=O) groups excluding carboxylic acids is 1. The van der Waals surface area contributed by atoms with Crippen LogP contribution in [0.1, 0.15) is 16.8 Å². The molecule has 0 radical (unpaired) electrons. The highest BCUT2D eigenvalue weighted by Gasteiger charge is 2.17. The summed E-state index contributed by atoms with van der Waals surface area (Å²) >= 11 is 1.50. The lowest BCUT2D eigenvalue weighted by atomic mass is 10.2. The lowest BCUT2D eigenvalue weighted by Gasteiger charge is -2.18. The minimum absolute atomic E-state index is 0.0114. The van der Waals surface area contributed by atoms with Crippen LogP contribution in [-0.4, -0.2) is 43.1 Å². The Morgan fingerprint density at radius 3 is 2.73 bits per heavy atom. The second-order valence-electron chi connectivity index (χ2n) is 4.84. The van der Waals surface area contributed by atoms with Gasteiger partial charge in [-0.2, -0.15) is 0 Å². The molecule has 1 amide bonds. The Morgan fingerprint density at radius 1 is 1.23 bits per heavy atom. The number of aromatic nitrogens is 1. The van der Waals surface area contributed by atoms with Crippen molar-refractivity contribution < 1.29 is 9.53 Å². The molecule has 2 aromatic rings. The summed E-state index contributed by atoms with van der Waals surface area (Å²) in [7, 11) is 3.47. The largest absolute Gasteiger partial charge is 0.385 e. The Balaban J connectivity index is 2.12. The van der Waals surface area contributed by atoms with E-state index in [9.17, 15) is 4.79 Å². The highest BCUT2D eigenvalue weighted by atomic mass is 32.2. The molecule has 0 aliphatic carbocycles. The number of pyridine rings is 1. The van der Waals surface area contributed by atoms with E-state index in [2.05, 4.69) is 4.98 Å². The van der Waals surface area contributed by atoms with Gasteiger partial charge in [-0.3, -0.25) is 4.79 Å². The van der Waals surface area contributed by atoms with Crippen molar-refractivity contribution in [3.63, 3.8) is 0 Å². The fourth-order valence-corrected chi connectivity index (χ4v) is 2.88. The fraction of sp³-hybridized carbons (Fsp3) is 0.294. The molecule has 1 aromatic heterocycles. The van der Waals surface area contributed by atoms with Crippen molar-refractivity contribution in [3.05, 3.63) is 54.2 Å². The van der Waals surface area contributed by atoms with Crippen molar-refractivity contribution in [1.82, 2.24) is 9.88 Å². The van der Waals surface area contributed by atoms with E-state index >= 15 is 0 Å². The molecule has 0 aliphatic heterocycles. The van der Waals surface area contributed by atoms with Crippen LogP contribution >= 0.6 is 11.8 Å². The summed E-state index contributed by atoms with van der Waals surface area (Å²) in [6.45, 7) is 1.31. The number of benzene rings is 1. The van der Waals surface area contributed by atoms with Crippen LogP contribution in [0.2, 0.25) is 0 Å². The third-order valence-corrected chi connectivity index (χ3v) is 4.17. The predicted molar refractivity (Wildman–Crippen MR) is 88.3 cm³/mol.